The fourth-order valence-electron chi connectivity index (χ4n) is 2.76. The van der Waals surface area contributed by atoms with Crippen LogP contribution in [0.15, 0.2) is 12.2 Å². The topological polar surface area (TPSA) is 152 Å². The van der Waals surface area contributed by atoms with Crippen LogP contribution in [0.3, 0.4) is 0 Å². The zero-order valence-corrected chi connectivity index (χ0v) is 15.3. The second-order valence-corrected chi connectivity index (χ2v) is 6.49. The van der Waals surface area contributed by atoms with Crippen molar-refractivity contribution in [2.45, 2.75) is 75.7 Å². The predicted octanol–water partition coefficient (Wildman–Crippen LogP) is -1.38. The van der Waals surface area contributed by atoms with Crippen molar-refractivity contribution in [1.29, 1.82) is 0 Å². The molecule has 7 atom stereocenters. The van der Waals surface area contributed by atoms with E-state index >= 15 is 0 Å². The summed E-state index contributed by atoms with van der Waals surface area (Å²) in [6.07, 6.45) is -2.20. The van der Waals surface area contributed by atoms with Gasteiger partial charge in [-0.05, 0) is 19.8 Å². The van der Waals surface area contributed by atoms with Gasteiger partial charge in [0.1, 0.15) is 12.2 Å². The highest BCUT2D eigenvalue weighted by Gasteiger charge is 2.33. The minimum Gasteiger partial charge on any atom is -0.450 e. The second kappa shape index (κ2) is 11.5. The Bertz CT molecular complexity index is 449. The Morgan fingerprint density at radius 1 is 1.23 bits per heavy atom. The minimum absolute atomic E-state index is 0.0731. The largest absolute Gasteiger partial charge is 0.450 e. The molecule has 26 heavy (non-hydrogen) atoms. The summed E-state index contributed by atoms with van der Waals surface area (Å²) in [5.41, 5.74) is 0. The van der Waals surface area contributed by atoms with Crippen molar-refractivity contribution in [3.05, 3.63) is 12.2 Å². The van der Waals surface area contributed by atoms with E-state index in [4.69, 9.17) is 4.74 Å². The van der Waals surface area contributed by atoms with Gasteiger partial charge in [-0.1, -0.05) is 19.1 Å². The third kappa shape index (κ3) is 7.18. The van der Waals surface area contributed by atoms with Crippen LogP contribution in [0.2, 0.25) is 0 Å². The van der Waals surface area contributed by atoms with Crippen LogP contribution in [0.5, 0.6) is 0 Å². The lowest BCUT2D eigenvalue weighted by Crippen LogP contribution is -2.55. The summed E-state index contributed by atoms with van der Waals surface area (Å²) in [7, 11) is 0. The van der Waals surface area contributed by atoms with Crippen molar-refractivity contribution < 1.29 is 35.1 Å². The highest BCUT2D eigenvalue weighted by atomic mass is 16.5. The van der Waals surface area contributed by atoms with Crippen LogP contribution in [0, 0.1) is 0 Å². The van der Waals surface area contributed by atoms with Crippen LogP contribution in [0.1, 0.15) is 33.1 Å². The number of nitrogens with one attached hydrogen (secondary N) is 2. The summed E-state index contributed by atoms with van der Waals surface area (Å²) in [5.74, 6) is 0. The number of hydrogen-bond donors (Lipinski definition) is 7. The number of ether oxygens (including phenoxy) is 1. The smallest absolute Gasteiger partial charge is 0.407 e. The van der Waals surface area contributed by atoms with E-state index in [9.17, 15) is 30.3 Å². The Balaban J connectivity index is 2.71. The number of aliphatic hydroxyl groups is 5. The summed E-state index contributed by atoms with van der Waals surface area (Å²) in [6.45, 7) is 3.69. The molecular formula is C17H32N2O7. The third-order valence-corrected chi connectivity index (χ3v) is 4.46. The maximum absolute atomic E-state index is 11.7. The number of carbonyl (C=O) groups is 1. The van der Waals surface area contributed by atoms with Crippen LogP contribution >= 0.6 is 0 Å². The van der Waals surface area contributed by atoms with E-state index in [0.717, 1.165) is 0 Å². The SMILES string of the molecule is CCOC(=O)NC(CNC1CC=CC(O)C(O)C1O)C(O)CC(O)CC. The molecule has 0 saturated carbocycles. The Labute approximate surface area is 153 Å². The number of aliphatic hydroxyl groups excluding tert-OH is 5. The fourth-order valence-corrected chi connectivity index (χ4v) is 2.76. The molecule has 9 nitrogen and oxygen atoms in total. The molecule has 1 amide bonds. The van der Waals surface area contributed by atoms with Gasteiger partial charge in [0.2, 0.25) is 0 Å². The molecule has 0 radical (unpaired) electrons. The highest BCUT2D eigenvalue weighted by molar-refractivity contribution is 5.67. The Hall–Kier alpha value is -1.23. The van der Waals surface area contributed by atoms with E-state index in [1.54, 1.807) is 19.9 Å². The highest BCUT2D eigenvalue weighted by Crippen LogP contribution is 2.15. The van der Waals surface area contributed by atoms with Crippen molar-refractivity contribution in [2.24, 2.45) is 0 Å². The van der Waals surface area contributed by atoms with E-state index in [0.29, 0.717) is 12.8 Å². The van der Waals surface area contributed by atoms with Crippen molar-refractivity contribution in [1.82, 2.24) is 10.6 Å². The van der Waals surface area contributed by atoms with Crippen molar-refractivity contribution in [3.63, 3.8) is 0 Å². The fraction of sp³-hybridized carbons (Fsp3) is 0.824. The summed E-state index contributed by atoms with van der Waals surface area (Å²) < 4.78 is 4.83. The maximum Gasteiger partial charge on any atom is 0.407 e. The van der Waals surface area contributed by atoms with Gasteiger partial charge in [-0.3, -0.25) is 0 Å². The van der Waals surface area contributed by atoms with E-state index in [2.05, 4.69) is 10.6 Å². The lowest BCUT2D eigenvalue weighted by molar-refractivity contribution is -0.0532. The molecule has 0 aromatic heterocycles. The number of hydrogen-bond acceptors (Lipinski definition) is 8. The molecule has 1 rings (SSSR count). The minimum atomic E-state index is -1.34. The molecule has 7 unspecified atom stereocenters. The van der Waals surface area contributed by atoms with Crippen LogP contribution in [-0.4, -0.2) is 87.4 Å². The standard InChI is InChI=1S/C17H32N2O7/c1-3-10(20)8-14(22)12(19-17(25)26-4-2)9-18-11-6-5-7-13(21)16(24)15(11)23/h5,7,10-16,18,20-24H,3-4,6,8-9H2,1-2H3,(H,19,25). The van der Waals surface area contributed by atoms with Gasteiger partial charge in [-0.25, -0.2) is 4.79 Å². The van der Waals surface area contributed by atoms with E-state index < -0.39 is 48.7 Å². The number of carbonyl (C=O) groups excluding carboxylic acids is 1. The molecule has 7 N–H and O–H groups in total. The van der Waals surface area contributed by atoms with Gasteiger partial charge in [0, 0.05) is 19.0 Å². The van der Waals surface area contributed by atoms with Crippen LogP contribution in [0.4, 0.5) is 4.79 Å². The van der Waals surface area contributed by atoms with Gasteiger partial charge >= 0.3 is 6.09 Å². The summed E-state index contributed by atoms with van der Waals surface area (Å²) in [6, 6.07) is -1.34. The molecule has 9 heteroatoms. The van der Waals surface area contributed by atoms with Gasteiger partial charge in [-0.2, -0.15) is 0 Å². The first-order valence-corrected chi connectivity index (χ1v) is 9.03. The zero-order valence-electron chi connectivity index (χ0n) is 15.3. The molecule has 0 aromatic rings. The lowest BCUT2D eigenvalue weighted by Gasteiger charge is -2.30. The average molecular weight is 376 g/mol. The Morgan fingerprint density at radius 3 is 2.54 bits per heavy atom. The summed E-state index contributed by atoms with van der Waals surface area (Å²) in [5, 5.41) is 55.3. The number of rotatable bonds is 9. The molecule has 1 aliphatic carbocycles. The molecule has 0 fully saturated rings. The zero-order chi connectivity index (χ0) is 19.7. The number of amides is 1. The molecule has 0 aromatic carbocycles. The van der Waals surface area contributed by atoms with Crippen molar-refractivity contribution in [3.8, 4) is 0 Å². The van der Waals surface area contributed by atoms with Gasteiger partial charge < -0.3 is 40.9 Å². The lowest BCUT2D eigenvalue weighted by atomic mass is 10.00. The molecule has 152 valence electrons. The monoisotopic (exact) mass is 376 g/mol. The summed E-state index contributed by atoms with van der Waals surface area (Å²) in [4.78, 5) is 11.7. The molecule has 0 bridgehead atoms. The van der Waals surface area contributed by atoms with Crippen LogP contribution < -0.4 is 10.6 Å². The van der Waals surface area contributed by atoms with Gasteiger partial charge in [-0.15, -0.1) is 0 Å². The van der Waals surface area contributed by atoms with E-state index in [1.165, 1.54) is 6.08 Å². The first kappa shape index (κ1) is 22.8. The average Bonchev–Trinajstić information content (AvgIpc) is 2.72. The Kier molecular flexibility index (Phi) is 10.1. The molecular weight excluding hydrogens is 344 g/mol. The van der Waals surface area contributed by atoms with Gasteiger partial charge in [0.15, 0.2) is 0 Å². The quantitative estimate of drug-likeness (QED) is 0.243. The maximum atomic E-state index is 11.7. The van der Waals surface area contributed by atoms with E-state index in [1.807, 2.05) is 0 Å². The molecule has 0 saturated heterocycles. The van der Waals surface area contributed by atoms with E-state index in [-0.39, 0.29) is 19.6 Å². The molecule has 1 aliphatic rings. The Morgan fingerprint density at radius 2 is 1.92 bits per heavy atom. The first-order valence-electron chi connectivity index (χ1n) is 9.03. The second-order valence-electron chi connectivity index (χ2n) is 6.49. The van der Waals surface area contributed by atoms with Crippen LogP contribution in [-0.2, 0) is 4.74 Å². The van der Waals surface area contributed by atoms with Gasteiger partial charge in [0.05, 0.1) is 31.0 Å². The molecule has 0 heterocycles. The third-order valence-electron chi connectivity index (χ3n) is 4.46. The normalized spacial score (nSPS) is 29.5. The molecule has 0 spiro atoms. The first-order chi connectivity index (χ1) is 12.3. The van der Waals surface area contributed by atoms with Crippen LogP contribution in [0.25, 0.3) is 0 Å². The van der Waals surface area contributed by atoms with Gasteiger partial charge in [0.25, 0.3) is 0 Å². The number of alkyl carbamates (subject to hydrolysis) is 1. The summed E-state index contributed by atoms with van der Waals surface area (Å²) >= 11 is 0. The molecule has 0 aliphatic heterocycles. The van der Waals surface area contributed by atoms with Crippen molar-refractivity contribution >= 4 is 6.09 Å². The predicted molar refractivity (Wildman–Crippen MR) is 94.4 cm³/mol. The van der Waals surface area contributed by atoms with Crippen molar-refractivity contribution in [2.75, 3.05) is 13.2 Å².